The van der Waals surface area contributed by atoms with Crippen molar-refractivity contribution in [3.05, 3.63) is 52.9 Å². The number of carbonyl (C=O) groups is 1. The molecule has 0 unspecified atom stereocenters. The second-order valence-corrected chi connectivity index (χ2v) is 6.25. The molecule has 1 saturated heterocycles. The molecule has 24 heavy (non-hydrogen) atoms. The van der Waals surface area contributed by atoms with Crippen molar-refractivity contribution in [2.75, 3.05) is 25.4 Å². The van der Waals surface area contributed by atoms with Crippen LogP contribution in [0, 0.1) is 0 Å². The predicted octanol–water partition coefficient (Wildman–Crippen LogP) is 2.28. The Labute approximate surface area is 146 Å². The first kappa shape index (κ1) is 16.7. The Hall–Kier alpha value is -2.18. The van der Waals surface area contributed by atoms with Crippen molar-refractivity contribution in [2.24, 2.45) is 0 Å². The van der Waals surface area contributed by atoms with E-state index in [1.165, 1.54) is 25.2 Å². The fourth-order valence-corrected chi connectivity index (χ4v) is 3.22. The molecule has 6 nitrogen and oxygen atoms in total. The molecule has 0 bridgehead atoms. The van der Waals surface area contributed by atoms with Crippen LogP contribution in [-0.2, 0) is 0 Å². The van der Waals surface area contributed by atoms with E-state index in [0.717, 1.165) is 18.7 Å². The van der Waals surface area contributed by atoms with Crippen LogP contribution in [0.15, 0.2) is 36.7 Å². The van der Waals surface area contributed by atoms with Gasteiger partial charge in [-0.1, -0.05) is 23.7 Å². The summed E-state index contributed by atoms with van der Waals surface area (Å²) in [7, 11) is 0. The summed E-state index contributed by atoms with van der Waals surface area (Å²) in [6, 6.07) is 7.85. The van der Waals surface area contributed by atoms with Crippen LogP contribution in [0.4, 0.5) is 5.82 Å². The molecule has 1 amide bonds. The Kier molecular flexibility index (Phi) is 5.27. The molecule has 2 heterocycles. The number of nitrogen functional groups attached to an aromatic ring is 1. The number of likely N-dealkylation sites (tertiary alicyclic amines) is 1. The standard InChI is InChI=1S/C17H20ClN5O/c18-13-5-3-4-12(10-13)14(23-8-1-2-9-23)11-22-17(24)15-16(19)21-7-6-20-15/h3-7,10,14H,1-2,8-9,11H2,(H2,19,21)(H,22,24)/t14-/m0/s1. The molecule has 1 aromatic carbocycles. The van der Waals surface area contributed by atoms with Crippen molar-refractivity contribution >= 4 is 23.3 Å². The third-order valence-corrected chi connectivity index (χ3v) is 4.45. The zero-order valence-corrected chi connectivity index (χ0v) is 14.0. The Morgan fingerprint density at radius 3 is 2.75 bits per heavy atom. The number of aromatic nitrogens is 2. The van der Waals surface area contributed by atoms with Gasteiger partial charge in [-0.25, -0.2) is 9.97 Å². The lowest BCUT2D eigenvalue weighted by molar-refractivity contribution is 0.0933. The second kappa shape index (κ2) is 7.59. The molecule has 1 aromatic heterocycles. The monoisotopic (exact) mass is 345 g/mol. The fraction of sp³-hybridized carbons (Fsp3) is 0.353. The molecular weight excluding hydrogens is 326 g/mol. The van der Waals surface area contributed by atoms with Crippen molar-refractivity contribution in [3.8, 4) is 0 Å². The van der Waals surface area contributed by atoms with Crippen LogP contribution in [0.1, 0.15) is 34.9 Å². The number of nitrogens with two attached hydrogens (primary N) is 1. The molecule has 1 atom stereocenters. The molecule has 1 aliphatic rings. The van der Waals surface area contributed by atoms with Gasteiger partial charge in [-0.05, 0) is 43.6 Å². The zero-order valence-electron chi connectivity index (χ0n) is 13.3. The van der Waals surface area contributed by atoms with Crippen LogP contribution < -0.4 is 11.1 Å². The number of benzene rings is 1. The Morgan fingerprint density at radius 1 is 1.29 bits per heavy atom. The van der Waals surface area contributed by atoms with Crippen molar-refractivity contribution in [1.29, 1.82) is 0 Å². The number of amides is 1. The van der Waals surface area contributed by atoms with Gasteiger partial charge in [0.15, 0.2) is 11.5 Å². The van der Waals surface area contributed by atoms with Gasteiger partial charge < -0.3 is 11.1 Å². The van der Waals surface area contributed by atoms with Crippen LogP contribution >= 0.6 is 11.6 Å². The number of hydrogen-bond donors (Lipinski definition) is 2. The van der Waals surface area contributed by atoms with Gasteiger partial charge in [0.05, 0.1) is 6.04 Å². The molecule has 1 fully saturated rings. The number of carbonyl (C=O) groups excluding carboxylic acids is 1. The zero-order chi connectivity index (χ0) is 16.9. The number of nitrogens with zero attached hydrogens (tertiary/aromatic N) is 3. The highest BCUT2D eigenvalue weighted by molar-refractivity contribution is 6.30. The van der Waals surface area contributed by atoms with E-state index in [0.29, 0.717) is 11.6 Å². The van der Waals surface area contributed by atoms with E-state index in [2.05, 4.69) is 20.2 Å². The molecule has 0 aliphatic carbocycles. The van der Waals surface area contributed by atoms with Crippen LogP contribution in [0.2, 0.25) is 5.02 Å². The topological polar surface area (TPSA) is 84.1 Å². The van der Waals surface area contributed by atoms with E-state index in [-0.39, 0.29) is 23.5 Å². The van der Waals surface area contributed by atoms with E-state index in [9.17, 15) is 4.79 Å². The Bertz CT molecular complexity index is 718. The third kappa shape index (κ3) is 3.83. The van der Waals surface area contributed by atoms with Crippen molar-refractivity contribution in [3.63, 3.8) is 0 Å². The first-order valence-electron chi connectivity index (χ1n) is 7.99. The number of halogens is 1. The molecule has 0 saturated carbocycles. The van der Waals surface area contributed by atoms with Gasteiger partial charge in [0.2, 0.25) is 0 Å². The summed E-state index contributed by atoms with van der Waals surface area (Å²) in [6.07, 6.45) is 5.26. The van der Waals surface area contributed by atoms with E-state index in [4.69, 9.17) is 17.3 Å². The first-order valence-corrected chi connectivity index (χ1v) is 8.37. The number of nitrogens with one attached hydrogen (secondary N) is 1. The predicted molar refractivity (Wildman–Crippen MR) is 93.8 cm³/mol. The van der Waals surface area contributed by atoms with Crippen LogP contribution in [0.25, 0.3) is 0 Å². The first-order chi connectivity index (χ1) is 11.6. The largest absolute Gasteiger partial charge is 0.382 e. The number of anilines is 1. The van der Waals surface area contributed by atoms with Crippen LogP contribution in [0.3, 0.4) is 0 Å². The second-order valence-electron chi connectivity index (χ2n) is 5.81. The molecule has 3 rings (SSSR count). The summed E-state index contributed by atoms with van der Waals surface area (Å²) in [5, 5.41) is 3.62. The van der Waals surface area contributed by atoms with Crippen molar-refractivity contribution < 1.29 is 4.79 Å². The summed E-state index contributed by atoms with van der Waals surface area (Å²) in [5.41, 5.74) is 6.97. The molecule has 1 aliphatic heterocycles. The highest BCUT2D eigenvalue weighted by atomic mass is 35.5. The minimum Gasteiger partial charge on any atom is -0.382 e. The van der Waals surface area contributed by atoms with Gasteiger partial charge in [0.1, 0.15) is 0 Å². The lowest BCUT2D eigenvalue weighted by atomic mass is 10.1. The summed E-state index contributed by atoms with van der Waals surface area (Å²) in [6.45, 7) is 2.50. The van der Waals surface area contributed by atoms with E-state index in [1.54, 1.807) is 0 Å². The lowest BCUT2D eigenvalue weighted by Crippen LogP contribution is -2.37. The minimum absolute atomic E-state index is 0.0769. The Balaban J connectivity index is 1.75. The number of rotatable bonds is 5. The van der Waals surface area contributed by atoms with Crippen LogP contribution in [-0.4, -0.2) is 40.4 Å². The van der Waals surface area contributed by atoms with Crippen LogP contribution in [0.5, 0.6) is 0 Å². The molecule has 0 radical (unpaired) electrons. The smallest absolute Gasteiger partial charge is 0.273 e. The molecule has 7 heteroatoms. The van der Waals surface area contributed by atoms with Gasteiger partial charge in [-0.15, -0.1) is 0 Å². The van der Waals surface area contributed by atoms with E-state index >= 15 is 0 Å². The normalized spacial score (nSPS) is 16.0. The average molecular weight is 346 g/mol. The quantitative estimate of drug-likeness (QED) is 0.868. The summed E-state index contributed by atoms with van der Waals surface area (Å²) >= 11 is 6.13. The molecule has 2 aromatic rings. The van der Waals surface area contributed by atoms with Gasteiger partial charge in [0.25, 0.3) is 5.91 Å². The maximum Gasteiger partial charge on any atom is 0.273 e. The number of hydrogen-bond acceptors (Lipinski definition) is 5. The van der Waals surface area contributed by atoms with Gasteiger partial charge in [-0.3, -0.25) is 9.69 Å². The third-order valence-electron chi connectivity index (χ3n) is 4.21. The summed E-state index contributed by atoms with van der Waals surface area (Å²) in [4.78, 5) is 22.6. The Morgan fingerprint density at radius 2 is 2.04 bits per heavy atom. The molecule has 126 valence electrons. The van der Waals surface area contributed by atoms with E-state index < -0.39 is 0 Å². The van der Waals surface area contributed by atoms with Crippen molar-refractivity contribution in [2.45, 2.75) is 18.9 Å². The minimum atomic E-state index is -0.313. The van der Waals surface area contributed by atoms with Gasteiger partial charge in [-0.2, -0.15) is 0 Å². The highest BCUT2D eigenvalue weighted by Gasteiger charge is 2.24. The maximum atomic E-state index is 12.3. The maximum absolute atomic E-state index is 12.3. The van der Waals surface area contributed by atoms with Gasteiger partial charge >= 0.3 is 0 Å². The molecule has 3 N–H and O–H groups in total. The van der Waals surface area contributed by atoms with Crippen molar-refractivity contribution in [1.82, 2.24) is 20.2 Å². The average Bonchev–Trinajstić information content (AvgIpc) is 3.10. The van der Waals surface area contributed by atoms with Gasteiger partial charge in [0, 0.05) is 24.0 Å². The molecule has 0 spiro atoms. The lowest BCUT2D eigenvalue weighted by Gasteiger charge is -2.28. The molecular formula is C17H20ClN5O. The summed E-state index contributed by atoms with van der Waals surface area (Å²) in [5.74, 6) is -0.178. The highest BCUT2D eigenvalue weighted by Crippen LogP contribution is 2.26. The summed E-state index contributed by atoms with van der Waals surface area (Å²) < 4.78 is 0. The van der Waals surface area contributed by atoms with E-state index in [1.807, 2.05) is 24.3 Å². The fourth-order valence-electron chi connectivity index (χ4n) is 3.02. The SMILES string of the molecule is Nc1nccnc1C(=O)NC[C@@H](c1cccc(Cl)c1)N1CCCC1.